The van der Waals surface area contributed by atoms with Gasteiger partial charge in [-0.1, -0.05) is 35.5 Å². The van der Waals surface area contributed by atoms with E-state index in [1.807, 2.05) is 30.3 Å². The molecule has 2 atom stereocenters. The van der Waals surface area contributed by atoms with Crippen molar-refractivity contribution in [2.45, 2.75) is 25.8 Å². The van der Waals surface area contributed by atoms with Gasteiger partial charge in [-0.25, -0.2) is 0 Å². The van der Waals surface area contributed by atoms with Gasteiger partial charge in [-0.2, -0.15) is 0 Å². The minimum atomic E-state index is 0.297. The molecule has 3 heterocycles. The van der Waals surface area contributed by atoms with Crippen LogP contribution in [0.15, 0.2) is 65.2 Å². The minimum absolute atomic E-state index is 0.297. The van der Waals surface area contributed by atoms with Crippen molar-refractivity contribution in [2.75, 3.05) is 46.4 Å². The van der Waals surface area contributed by atoms with Crippen LogP contribution in [0.1, 0.15) is 24.1 Å². The second-order valence-corrected chi connectivity index (χ2v) is 9.97. The number of benzene rings is 2. The predicted molar refractivity (Wildman–Crippen MR) is 140 cm³/mol. The summed E-state index contributed by atoms with van der Waals surface area (Å²) in [6.07, 6.45) is 2.46. The number of aromatic nitrogens is 1. The summed E-state index contributed by atoms with van der Waals surface area (Å²) >= 11 is 0. The van der Waals surface area contributed by atoms with Crippen LogP contribution in [0.4, 0.5) is 0 Å². The van der Waals surface area contributed by atoms with E-state index < -0.39 is 0 Å². The molecule has 5 rings (SSSR count). The molecule has 2 saturated heterocycles. The van der Waals surface area contributed by atoms with Crippen LogP contribution in [0.25, 0.3) is 11.3 Å². The Kier molecular flexibility index (Phi) is 7.98. The number of nitrogens with zero attached hydrogens (tertiary/aromatic N) is 3. The Morgan fingerprint density at radius 1 is 1.06 bits per heavy atom. The molecule has 0 spiro atoms. The van der Waals surface area contributed by atoms with Crippen LogP contribution in [0.2, 0.25) is 0 Å². The molecule has 190 valence electrons. The molecular formula is C29H36N4O3. The predicted octanol–water partition coefficient (Wildman–Crippen LogP) is 3.85. The van der Waals surface area contributed by atoms with E-state index in [9.17, 15) is 4.79 Å². The third-order valence-electron chi connectivity index (χ3n) is 7.58. The Bertz CT molecular complexity index is 1110. The standard InChI is InChI=1S/C29H36N4O3/c1-35-27-9-7-23(8-10-27)28-19-26(31-36-28)17-25-20-30-12-11-24(25)18-29(34)33-15-13-32(14-16-33)21-22-5-3-2-4-6-22/h2-10,19,24-25,30H,11-18,20-21H2,1H3/t24-,25+/m0/s1. The molecule has 36 heavy (non-hydrogen) atoms. The quantitative estimate of drug-likeness (QED) is 0.519. The fourth-order valence-electron chi connectivity index (χ4n) is 5.40. The lowest BCUT2D eigenvalue weighted by Crippen LogP contribution is -2.49. The number of methoxy groups -OCH3 is 1. The zero-order valence-corrected chi connectivity index (χ0v) is 21.1. The number of ether oxygens (including phenoxy) is 1. The Hall–Kier alpha value is -3.16. The van der Waals surface area contributed by atoms with E-state index in [0.29, 0.717) is 24.2 Å². The van der Waals surface area contributed by atoms with Crippen LogP contribution in [0, 0.1) is 11.8 Å². The number of carbonyl (C=O) groups excluding carboxylic acids is 1. The summed E-state index contributed by atoms with van der Waals surface area (Å²) in [5.41, 5.74) is 3.26. The summed E-state index contributed by atoms with van der Waals surface area (Å²) in [5, 5.41) is 7.85. The van der Waals surface area contributed by atoms with Crippen molar-refractivity contribution in [3.63, 3.8) is 0 Å². The molecule has 1 amide bonds. The van der Waals surface area contributed by atoms with Crippen molar-refractivity contribution in [3.8, 4) is 17.1 Å². The van der Waals surface area contributed by atoms with Gasteiger partial charge < -0.3 is 19.5 Å². The van der Waals surface area contributed by atoms with Gasteiger partial charge in [0.2, 0.25) is 5.91 Å². The van der Waals surface area contributed by atoms with Crippen molar-refractivity contribution < 1.29 is 14.1 Å². The van der Waals surface area contributed by atoms with Crippen LogP contribution in [-0.4, -0.2) is 67.2 Å². The van der Waals surface area contributed by atoms with Crippen molar-refractivity contribution in [2.24, 2.45) is 11.8 Å². The number of amides is 1. The fraction of sp³-hybridized carbons (Fsp3) is 0.448. The molecule has 7 nitrogen and oxygen atoms in total. The lowest BCUT2D eigenvalue weighted by atomic mass is 9.81. The smallest absolute Gasteiger partial charge is 0.222 e. The van der Waals surface area contributed by atoms with Gasteiger partial charge in [-0.05, 0) is 67.6 Å². The maximum Gasteiger partial charge on any atom is 0.222 e. The SMILES string of the molecule is COc1ccc(-c2cc(C[C@@H]3CNCC[C@H]3CC(=O)N3CCN(Cc4ccccc4)CC3)no2)cc1. The zero-order valence-electron chi connectivity index (χ0n) is 21.1. The first kappa shape index (κ1) is 24.5. The molecule has 0 saturated carbocycles. The molecule has 0 aliphatic carbocycles. The lowest BCUT2D eigenvalue weighted by Gasteiger charge is -2.37. The van der Waals surface area contributed by atoms with Crippen LogP contribution < -0.4 is 10.1 Å². The third kappa shape index (κ3) is 6.15. The summed E-state index contributed by atoms with van der Waals surface area (Å²) in [6, 6.07) is 20.4. The van der Waals surface area contributed by atoms with Gasteiger partial charge in [0, 0.05) is 50.8 Å². The minimum Gasteiger partial charge on any atom is -0.497 e. The Morgan fingerprint density at radius 2 is 1.83 bits per heavy atom. The van der Waals surface area contributed by atoms with Gasteiger partial charge >= 0.3 is 0 Å². The Balaban J connectivity index is 1.14. The zero-order chi connectivity index (χ0) is 24.7. The second kappa shape index (κ2) is 11.7. The molecule has 0 bridgehead atoms. The number of rotatable bonds is 8. The van der Waals surface area contributed by atoms with E-state index in [1.165, 1.54) is 5.56 Å². The van der Waals surface area contributed by atoms with E-state index in [0.717, 1.165) is 81.4 Å². The molecule has 2 aromatic carbocycles. The molecular weight excluding hydrogens is 452 g/mol. The Morgan fingerprint density at radius 3 is 2.58 bits per heavy atom. The van der Waals surface area contributed by atoms with Crippen LogP contribution in [0.3, 0.4) is 0 Å². The van der Waals surface area contributed by atoms with Crippen molar-refractivity contribution in [1.82, 2.24) is 20.3 Å². The molecule has 2 aliphatic heterocycles. The first-order chi connectivity index (χ1) is 17.7. The summed E-state index contributed by atoms with van der Waals surface area (Å²) in [6.45, 7) is 6.33. The van der Waals surface area contributed by atoms with Gasteiger partial charge in [0.25, 0.3) is 0 Å². The van der Waals surface area contributed by atoms with Crippen LogP contribution in [-0.2, 0) is 17.8 Å². The number of nitrogens with one attached hydrogen (secondary N) is 1. The van der Waals surface area contributed by atoms with Crippen LogP contribution >= 0.6 is 0 Å². The molecule has 0 radical (unpaired) electrons. The molecule has 3 aromatic rings. The maximum atomic E-state index is 13.2. The number of piperazine rings is 1. The van der Waals surface area contributed by atoms with Gasteiger partial charge in [-0.3, -0.25) is 9.69 Å². The molecule has 7 heteroatoms. The molecule has 1 N–H and O–H groups in total. The molecule has 2 fully saturated rings. The van der Waals surface area contributed by atoms with E-state index in [-0.39, 0.29) is 0 Å². The highest BCUT2D eigenvalue weighted by Gasteiger charge is 2.30. The number of hydrogen-bond donors (Lipinski definition) is 1. The summed E-state index contributed by atoms with van der Waals surface area (Å²) in [5.74, 6) is 2.61. The molecule has 1 aromatic heterocycles. The van der Waals surface area contributed by atoms with Gasteiger partial charge in [0.1, 0.15) is 5.75 Å². The van der Waals surface area contributed by atoms with E-state index in [2.05, 4.69) is 50.6 Å². The first-order valence-corrected chi connectivity index (χ1v) is 13.0. The van der Waals surface area contributed by atoms with Crippen molar-refractivity contribution in [3.05, 3.63) is 71.9 Å². The molecule has 2 aliphatic rings. The summed E-state index contributed by atoms with van der Waals surface area (Å²) in [7, 11) is 1.66. The average Bonchev–Trinajstić information content (AvgIpc) is 3.39. The maximum absolute atomic E-state index is 13.2. The number of carbonyl (C=O) groups is 1. The third-order valence-corrected chi connectivity index (χ3v) is 7.58. The van der Waals surface area contributed by atoms with E-state index in [1.54, 1.807) is 7.11 Å². The highest BCUT2D eigenvalue weighted by atomic mass is 16.5. The number of piperidine rings is 1. The normalized spacial score (nSPS) is 20.9. The summed E-state index contributed by atoms with van der Waals surface area (Å²) < 4.78 is 10.9. The van der Waals surface area contributed by atoms with Crippen molar-refractivity contribution in [1.29, 1.82) is 0 Å². The average molecular weight is 489 g/mol. The van der Waals surface area contributed by atoms with Gasteiger partial charge in [0.15, 0.2) is 5.76 Å². The fourth-order valence-corrected chi connectivity index (χ4v) is 5.40. The molecule has 0 unspecified atom stereocenters. The first-order valence-electron chi connectivity index (χ1n) is 13.0. The highest BCUT2D eigenvalue weighted by Crippen LogP contribution is 2.29. The van der Waals surface area contributed by atoms with Crippen LogP contribution in [0.5, 0.6) is 5.75 Å². The lowest BCUT2D eigenvalue weighted by molar-refractivity contribution is -0.134. The topological polar surface area (TPSA) is 70.8 Å². The van der Waals surface area contributed by atoms with Crippen molar-refractivity contribution >= 4 is 5.91 Å². The van der Waals surface area contributed by atoms with Gasteiger partial charge in [0.05, 0.1) is 12.8 Å². The van der Waals surface area contributed by atoms with E-state index >= 15 is 0 Å². The summed E-state index contributed by atoms with van der Waals surface area (Å²) in [4.78, 5) is 17.7. The van der Waals surface area contributed by atoms with E-state index in [4.69, 9.17) is 9.26 Å². The second-order valence-electron chi connectivity index (χ2n) is 9.97. The monoisotopic (exact) mass is 488 g/mol. The van der Waals surface area contributed by atoms with Gasteiger partial charge in [-0.15, -0.1) is 0 Å². The largest absolute Gasteiger partial charge is 0.497 e. The Labute approximate surface area is 213 Å². The highest BCUT2D eigenvalue weighted by molar-refractivity contribution is 5.76. The number of hydrogen-bond acceptors (Lipinski definition) is 6.